The smallest absolute Gasteiger partial charge is 0.380 e. The number of fused-ring (bicyclic) bond motifs is 1. The molecule has 3 rings (SSSR count). The first kappa shape index (κ1) is 23.1. The van der Waals surface area contributed by atoms with Crippen molar-refractivity contribution in [2.75, 3.05) is 0 Å². The molecular formula is C22H20F7NO. The van der Waals surface area contributed by atoms with Gasteiger partial charge >= 0.3 is 12.4 Å². The van der Waals surface area contributed by atoms with Gasteiger partial charge in [-0.2, -0.15) is 26.3 Å². The maximum atomic E-state index is 13.9. The highest BCUT2D eigenvalue weighted by atomic mass is 19.4. The van der Waals surface area contributed by atoms with E-state index in [1.165, 1.54) is 32.0 Å². The van der Waals surface area contributed by atoms with Crippen molar-refractivity contribution in [3.05, 3.63) is 71.2 Å². The van der Waals surface area contributed by atoms with Crippen LogP contribution in [0.1, 0.15) is 37.1 Å². The summed E-state index contributed by atoms with van der Waals surface area (Å²) in [5.74, 6) is -0.540. The molecule has 0 aliphatic rings. The lowest BCUT2D eigenvalue weighted by Crippen LogP contribution is -2.50. The van der Waals surface area contributed by atoms with Crippen LogP contribution in [0.4, 0.5) is 30.7 Å². The molecule has 31 heavy (non-hydrogen) atoms. The average Bonchev–Trinajstić information content (AvgIpc) is 3.00. The number of alkyl halides is 6. The van der Waals surface area contributed by atoms with E-state index >= 15 is 0 Å². The Morgan fingerprint density at radius 3 is 1.97 bits per heavy atom. The summed E-state index contributed by atoms with van der Waals surface area (Å²) in [6.07, 6.45) is -11.2. The Morgan fingerprint density at radius 1 is 0.839 bits per heavy atom. The van der Waals surface area contributed by atoms with Crippen LogP contribution >= 0.6 is 0 Å². The Hall–Kier alpha value is -2.55. The van der Waals surface area contributed by atoms with Crippen LogP contribution in [0.15, 0.2) is 48.5 Å². The number of hydrogen-bond donors (Lipinski definition) is 2. The first-order chi connectivity index (χ1) is 14.1. The van der Waals surface area contributed by atoms with Gasteiger partial charge in [0, 0.05) is 23.0 Å². The van der Waals surface area contributed by atoms with E-state index in [0.717, 1.165) is 30.3 Å². The second kappa shape index (κ2) is 7.55. The number of aromatic amines is 1. The molecular weight excluding hydrogens is 427 g/mol. The normalized spacial score (nSPS) is 15.3. The number of benzene rings is 2. The fraction of sp³-hybridized carbons (Fsp3) is 0.364. The van der Waals surface area contributed by atoms with E-state index in [-0.39, 0.29) is 16.6 Å². The predicted molar refractivity (Wildman–Crippen MR) is 102 cm³/mol. The Balaban J connectivity index is 1.94. The van der Waals surface area contributed by atoms with Gasteiger partial charge in [0.25, 0.3) is 0 Å². The molecule has 1 unspecified atom stereocenters. The molecule has 0 amide bonds. The van der Waals surface area contributed by atoms with Crippen molar-refractivity contribution in [3.63, 3.8) is 0 Å². The molecule has 168 valence electrons. The highest BCUT2D eigenvalue weighted by Gasteiger charge is 2.56. The van der Waals surface area contributed by atoms with E-state index in [1.54, 1.807) is 0 Å². The summed E-state index contributed by atoms with van der Waals surface area (Å²) < 4.78 is 93.6. The minimum absolute atomic E-state index is 0.0518. The zero-order valence-electron chi connectivity index (χ0n) is 16.6. The monoisotopic (exact) mass is 447 g/mol. The largest absolute Gasteiger partial charge is 0.417 e. The number of aromatic nitrogens is 1. The first-order valence-corrected chi connectivity index (χ1v) is 9.35. The first-order valence-electron chi connectivity index (χ1n) is 9.35. The van der Waals surface area contributed by atoms with Crippen molar-refractivity contribution in [3.8, 4) is 0 Å². The number of nitrogens with one attached hydrogen (secondary N) is 1. The van der Waals surface area contributed by atoms with Gasteiger partial charge in [-0.1, -0.05) is 26.0 Å². The Morgan fingerprint density at radius 2 is 1.42 bits per heavy atom. The number of aliphatic hydroxyl groups is 1. The lowest BCUT2D eigenvalue weighted by Gasteiger charge is -2.38. The Bertz CT molecular complexity index is 1060. The topological polar surface area (TPSA) is 36.0 Å². The van der Waals surface area contributed by atoms with Crippen molar-refractivity contribution in [1.29, 1.82) is 0 Å². The lowest BCUT2D eigenvalue weighted by molar-refractivity contribution is -0.266. The molecule has 0 saturated heterocycles. The van der Waals surface area contributed by atoms with Crippen LogP contribution in [0, 0.1) is 5.82 Å². The second-order valence-corrected chi connectivity index (χ2v) is 8.37. The zero-order chi connectivity index (χ0) is 23.2. The third-order valence-electron chi connectivity index (χ3n) is 5.37. The average molecular weight is 447 g/mol. The maximum Gasteiger partial charge on any atom is 0.417 e. The summed E-state index contributed by atoms with van der Waals surface area (Å²) in [5.41, 5.74) is -4.68. The van der Waals surface area contributed by atoms with Crippen LogP contribution in [-0.4, -0.2) is 21.9 Å². The minimum Gasteiger partial charge on any atom is -0.380 e. The second-order valence-electron chi connectivity index (χ2n) is 8.37. The molecule has 9 heteroatoms. The van der Waals surface area contributed by atoms with Crippen LogP contribution in [0.5, 0.6) is 0 Å². The van der Waals surface area contributed by atoms with Gasteiger partial charge < -0.3 is 10.1 Å². The molecule has 0 saturated carbocycles. The van der Waals surface area contributed by atoms with Gasteiger partial charge in [-0.25, -0.2) is 4.39 Å². The number of H-pyrrole nitrogens is 1. The van der Waals surface area contributed by atoms with Crippen LogP contribution < -0.4 is 0 Å². The third kappa shape index (κ3) is 4.87. The van der Waals surface area contributed by atoms with Gasteiger partial charge in [-0.05, 0) is 53.8 Å². The van der Waals surface area contributed by atoms with Gasteiger partial charge in [0.15, 0.2) is 5.60 Å². The molecule has 2 nitrogen and oxygen atoms in total. The summed E-state index contributed by atoms with van der Waals surface area (Å²) in [7, 11) is 0. The number of halogens is 7. The van der Waals surface area contributed by atoms with Crippen LogP contribution in [0.3, 0.4) is 0 Å². The fourth-order valence-electron chi connectivity index (χ4n) is 3.78. The molecule has 0 fully saturated rings. The quantitative estimate of drug-likeness (QED) is 0.429. The van der Waals surface area contributed by atoms with E-state index < -0.39 is 47.6 Å². The summed E-state index contributed by atoms with van der Waals surface area (Å²) in [6, 6.07) is 8.93. The molecule has 2 aromatic carbocycles. The van der Waals surface area contributed by atoms with Gasteiger partial charge in [0.2, 0.25) is 0 Å². The standard InChI is InChI=1S/C22H20F7NO/c1-19(2,14-3-6-16(23)7-4-14)12-20(31,22(27,28)29)11-17-10-13-9-15(21(24,25)26)5-8-18(13)30-17/h3-10,30-31H,11-12H2,1-2H3. The molecule has 0 aliphatic carbocycles. The summed E-state index contributed by atoms with van der Waals surface area (Å²) in [5, 5.41) is 10.8. The molecule has 1 heterocycles. The highest BCUT2D eigenvalue weighted by molar-refractivity contribution is 5.81. The van der Waals surface area contributed by atoms with Crippen molar-refractivity contribution in [2.45, 2.75) is 50.1 Å². The van der Waals surface area contributed by atoms with Crippen molar-refractivity contribution < 1.29 is 35.8 Å². The van der Waals surface area contributed by atoms with Crippen LogP contribution in [-0.2, 0) is 18.0 Å². The molecule has 0 radical (unpaired) electrons. The molecule has 3 aromatic rings. The number of rotatable bonds is 5. The van der Waals surface area contributed by atoms with Crippen molar-refractivity contribution in [2.24, 2.45) is 0 Å². The third-order valence-corrected chi connectivity index (χ3v) is 5.37. The molecule has 0 spiro atoms. The SMILES string of the molecule is CC(C)(CC(O)(Cc1cc2cc(C(F)(F)F)ccc2[nH]1)C(F)(F)F)c1ccc(F)cc1. The Kier molecular flexibility index (Phi) is 5.63. The summed E-state index contributed by atoms with van der Waals surface area (Å²) >= 11 is 0. The lowest BCUT2D eigenvalue weighted by atomic mass is 9.73. The van der Waals surface area contributed by atoms with E-state index in [1.807, 2.05) is 0 Å². The Labute approximate surface area is 173 Å². The highest BCUT2D eigenvalue weighted by Crippen LogP contribution is 2.43. The van der Waals surface area contributed by atoms with E-state index in [0.29, 0.717) is 5.56 Å². The van der Waals surface area contributed by atoms with Crippen LogP contribution in [0.2, 0.25) is 0 Å². The number of hydrogen-bond acceptors (Lipinski definition) is 1. The molecule has 2 N–H and O–H groups in total. The van der Waals surface area contributed by atoms with E-state index in [2.05, 4.69) is 4.98 Å². The van der Waals surface area contributed by atoms with Crippen LogP contribution in [0.25, 0.3) is 10.9 Å². The van der Waals surface area contributed by atoms with E-state index in [4.69, 9.17) is 0 Å². The molecule has 1 atom stereocenters. The molecule has 0 bridgehead atoms. The van der Waals surface area contributed by atoms with Crippen molar-refractivity contribution in [1.82, 2.24) is 4.98 Å². The van der Waals surface area contributed by atoms with Gasteiger partial charge in [-0.15, -0.1) is 0 Å². The van der Waals surface area contributed by atoms with Gasteiger partial charge in [-0.3, -0.25) is 0 Å². The molecule has 0 aliphatic heterocycles. The van der Waals surface area contributed by atoms with E-state index in [9.17, 15) is 35.8 Å². The predicted octanol–water partition coefficient (Wildman–Crippen LogP) is 6.53. The van der Waals surface area contributed by atoms with Gasteiger partial charge in [0.1, 0.15) is 5.82 Å². The minimum atomic E-state index is -5.02. The summed E-state index contributed by atoms with van der Waals surface area (Å²) in [4.78, 5) is 2.66. The fourth-order valence-corrected chi connectivity index (χ4v) is 3.78. The maximum absolute atomic E-state index is 13.9. The summed E-state index contributed by atoms with van der Waals surface area (Å²) in [6.45, 7) is 3.00. The molecule has 1 aromatic heterocycles. The zero-order valence-corrected chi connectivity index (χ0v) is 16.6. The van der Waals surface area contributed by atoms with Crippen molar-refractivity contribution >= 4 is 10.9 Å². The van der Waals surface area contributed by atoms with Gasteiger partial charge in [0.05, 0.1) is 5.56 Å².